The van der Waals surface area contributed by atoms with E-state index in [2.05, 4.69) is 58.7 Å². The van der Waals surface area contributed by atoms with Crippen LogP contribution in [0.15, 0.2) is 27.4 Å². The SMILES string of the molecule is CCCNC(c1csc(C)c1)c1ccc(Br)s1. The molecule has 0 saturated carbocycles. The molecule has 0 spiro atoms. The van der Waals surface area contributed by atoms with Crippen molar-refractivity contribution in [3.8, 4) is 0 Å². The van der Waals surface area contributed by atoms with E-state index in [4.69, 9.17) is 0 Å². The van der Waals surface area contributed by atoms with E-state index in [-0.39, 0.29) is 0 Å². The normalized spacial score (nSPS) is 12.9. The Hall–Kier alpha value is -0.160. The topological polar surface area (TPSA) is 12.0 Å². The van der Waals surface area contributed by atoms with Gasteiger partial charge in [0.15, 0.2) is 0 Å². The molecule has 0 aliphatic carbocycles. The van der Waals surface area contributed by atoms with Crippen molar-refractivity contribution in [3.05, 3.63) is 42.7 Å². The Morgan fingerprint density at radius 2 is 2.24 bits per heavy atom. The van der Waals surface area contributed by atoms with Crippen molar-refractivity contribution in [3.63, 3.8) is 0 Å². The second kappa shape index (κ2) is 6.14. The number of halogens is 1. The van der Waals surface area contributed by atoms with Crippen LogP contribution >= 0.6 is 38.6 Å². The van der Waals surface area contributed by atoms with Crippen LogP contribution in [0.4, 0.5) is 0 Å². The van der Waals surface area contributed by atoms with E-state index in [1.54, 1.807) is 0 Å². The van der Waals surface area contributed by atoms with Crippen LogP contribution in [0.3, 0.4) is 0 Å². The minimum Gasteiger partial charge on any atom is -0.306 e. The molecular formula is C13H16BrNS2. The summed E-state index contributed by atoms with van der Waals surface area (Å²) < 4.78 is 1.20. The Labute approximate surface area is 119 Å². The lowest BCUT2D eigenvalue weighted by Crippen LogP contribution is -2.21. The maximum absolute atomic E-state index is 3.62. The predicted molar refractivity (Wildman–Crippen MR) is 81.2 cm³/mol. The minimum absolute atomic E-state index is 0.344. The van der Waals surface area contributed by atoms with Crippen LogP contribution in [0, 0.1) is 6.92 Å². The number of rotatable bonds is 5. The Kier molecular flexibility index (Phi) is 4.79. The lowest BCUT2D eigenvalue weighted by Gasteiger charge is -2.15. The Bertz CT molecular complexity index is 435. The van der Waals surface area contributed by atoms with Gasteiger partial charge in [-0.15, -0.1) is 22.7 Å². The lowest BCUT2D eigenvalue weighted by molar-refractivity contribution is 0.607. The molecule has 2 aromatic heterocycles. The first-order valence-corrected chi connectivity index (χ1v) is 8.23. The molecule has 0 aliphatic rings. The van der Waals surface area contributed by atoms with E-state index in [1.165, 1.54) is 19.1 Å². The maximum Gasteiger partial charge on any atom is 0.0702 e. The molecule has 0 aliphatic heterocycles. The number of hydrogen-bond acceptors (Lipinski definition) is 3. The maximum atomic E-state index is 3.62. The average molecular weight is 330 g/mol. The zero-order valence-corrected chi connectivity index (χ0v) is 13.2. The van der Waals surface area contributed by atoms with Crippen molar-refractivity contribution in [1.82, 2.24) is 5.32 Å². The molecule has 1 unspecified atom stereocenters. The molecule has 0 fully saturated rings. The molecule has 17 heavy (non-hydrogen) atoms. The highest BCUT2D eigenvalue weighted by Gasteiger charge is 2.16. The number of aryl methyl sites for hydroxylation is 1. The van der Waals surface area contributed by atoms with Crippen molar-refractivity contribution >= 4 is 38.6 Å². The summed E-state index contributed by atoms with van der Waals surface area (Å²) in [5.41, 5.74) is 1.38. The lowest BCUT2D eigenvalue weighted by atomic mass is 10.1. The monoisotopic (exact) mass is 329 g/mol. The fourth-order valence-electron chi connectivity index (χ4n) is 1.77. The van der Waals surface area contributed by atoms with Crippen molar-refractivity contribution in [2.75, 3.05) is 6.54 Å². The average Bonchev–Trinajstić information content (AvgIpc) is 2.89. The molecule has 1 atom stereocenters. The molecule has 0 saturated heterocycles. The third-order valence-corrected chi connectivity index (χ3v) is 5.13. The molecule has 0 aromatic carbocycles. The number of nitrogens with one attached hydrogen (secondary N) is 1. The Balaban J connectivity index is 2.24. The van der Waals surface area contributed by atoms with Gasteiger partial charge in [-0.05, 0) is 65.0 Å². The van der Waals surface area contributed by atoms with Gasteiger partial charge in [-0.2, -0.15) is 0 Å². The van der Waals surface area contributed by atoms with Gasteiger partial charge in [0.05, 0.1) is 9.83 Å². The molecule has 4 heteroatoms. The van der Waals surface area contributed by atoms with Gasteiger partial charge >= 0.3 is 0 Å². The summed E-state index contributed by atoms with van der Waals surface area (Å²) in [6, 6.07) is 6.96. The highest BCUT2D eigenvalue weighted by molar-refractivity contribution is 9.11. The van der Waals surface area contributed by atoms with Gasteiger partial charge in [0.2, 0.25) is 0 Å². The highest BCUT2D eigenvalue weighted by Crippen LogP contribution is 2.33. The standard InChI is InChI=1S/C13H16BrNS2/c1-3-6-15-13(10-7-9(2)16-8-10)11-4-5-12(14)17-11/h4-5,7-8,13,15H,3,6H2,1-2H3. The van der Waals surface area contributed by atoms with Crippen molar-refractivity contribution in [1.29, 1.82) is 0 Å². The smallest absolute Gasteiger partial charge is 0.0702 e. The molecule has 1 nitrogen and oxygen atoms in total. The molecule has 1 N–H and O–H groups in total. The van der Waals surface area contributed by atoms with Gasteiger partial charge < -0.3 is 5.32 Å². The van der Waals surface area contributed by atoms with E-state index in [0.717, 1.165) is 13.0 Å². The van der Waals surface area contributed by atoms with E-state index in [1.807, 2.05) is 22.7 Å². The summed E-state index contributed by atoms with van der Waals surface area (Å²) in [6.07, 6.45) is 1.16. The van der Waals surface area contributed by atoms with Crippen LogP contribution in [-0.4, -0.2) is 6.54 Å². The Morgan fingerprint density at radius 3 is 2.76 bits per heavy atom. The van der Waals surface area contributed by atoms with Crippen LogP contribution in [0.1, 0.15) is 34.7 Å². The molecule has 0 amide bonds. The molecule has 92 valence electrons. The van der Waals surface area contributed by atoms with E-state index in [9.17, 15) is 0 Å². The van der Waals surface area contributed by atoms with Gasteiger partial charge in [-0.25, -0.2) is 0 Å². The minimum atomic E-state index is 0.344. The molecule has 2 heterocycles. The summed E-state index contributed by atoms with van der Waals surface area (Å²) in [4.78, 5) is 2.75. The summed E-state index contributed by atoms with van der Waals surface area (Å²) >= 11 is 7.17. The fourth-order valence-corrected chi connectivity index (χ4v) is 4.03. The second-order valence-electron chi connectivity index (χ2n) is 4.02. The van der Waals surface area contributed by atoms with Gasteiger partial charge in [0, 0.05) is 9.75 Å². The number of hydrogen-bond donors (Lipinski definition) is 1. The van der Waals surface area contributed by atoms with Crippen LogP contribution < -0.4 is 5.32 Å². The Morgan fingerprint density at radius 1 is 1.41 bits per heavy atom. The molecule has 0 bridgehead atoms. The van der Waals surface area contributed by atoms with Crippen LogP contribution in [0.2, 0.25) is 0 Å². The van der Waals surface area contributed by atoms with Crippen LogP contribution in [0.5, 0.6) is 0 Å². The molecule has 0 radical (unpaired) electrons. The first-order chi connectivity index (χ1) is 8.20. The summed E-state index contributed by atoms with van der Waals surface area (Å²) in [7, 11) is 0. The zero-order valence-electron chi connectivity index (χ0n) is 10.00. The van der Waals surface area contributed by atoms with Gasteiger partial charge in [0.25, 0.3) is 0 Å². The molecule has 2 rings (SSSR count). The van der Waals surface area contributed by atoms with Crippen molar-refractivity contribution in [2.45, 2.75) is 26.3 Å². The third-order valence-electron chi connectivity index (χ3n) is 2.56. The van der Waals surface area contributed by atoms with E-state index >= 15 is 0 Å². The van der Waals surface area contributed by atoms with Crippen LogP contribution in [-0.2, 0) is 0 Å². The molecule has 2 aromatic rings. The third kappa shape index (κ3) is 3.41. The molecular weight excluding hydrogens is 314 g/mol. The van der Waals surface area contributed by atoms with Gasteiger partial charge in [0.1, 0.15) is 0 Å². The summed E-state index contributed by atoms with van der Waals surface area (Å²) in [5, 5.41) is 5.89. The first-order valence-electron chi connectivity index (χ1n) is 5.74. The van der Waals surface area contributed by atoms with Crippen LogP contribution in [0.25, 0.3) is 0 Å². The second-order valence-corrected chi connectivity index (χ2v) is 7.63. The highest BCUT2D eigenvalue weighted by atomic mass is 79.9. The van der Waals surface area contributed by atoms with E-state index in [0.29, 0.717) is 6.04 Å². The first kappa shape index (κ1) is 13.3. The van der Waals surface area contributed by atoms with Crippen molar-refractivity contribution in [2.24, 2.45) is 0 Å². The van der Waals surface area contributed by atoms with Gasteiger partial charge in [-0.3, -0.25) is 0 Å². The van der Waals surface area contributed by atoms with Gasteiger partial charge in [-0.1, -0.05) is 6.92 Å². The number of thiophene rings is 2. The zero-order chi connectivity index (χ0) is 12.3. The van der Waals surface area contributed by atoms with Crippen molar-refractivity contribution < 1.29 is 0 Å². The summed E-state index contributed by atoms with van der Waals surface area (Å²) in [6.45, 7) is 5.41. The quantitative estimate of drug-likeness (QED) is 0.816. The predicted octanol–water partition coefficient (Wildman–Crippen LogP) is 4.97. The largest absolute Gasteiger partial charge is 0.306 e. The van der Waals surface area contributed by atoms with E-state index < -0.39 is 0 Å². The summed E-state index contributed by atoms with van der Waals surface area (Å²) in [5.74, 6) is 0. The fraction of sp³-hybridized carbons (Fsp3) is 0.385.